The Hall–Kier alpha value is -1.81. The number of carbonyl (C=O) groups excluding carboxylic acids is 1. The molecule has 0 N–H and O–H groups in total. The Morgan fingerprint density at radius 2 is 2.14 bits per heavy atom. The van der Waals surface area contributed by atoms with Gasteiger partial charge >= 0.3 is 0 Å². The van der Waals surface area contributed by atoms with Crippen LogP contribution in [0.4, 0.5) is 0 Å². The summed E-state index contributed by atoms with van der Waals surface area (Å²) in [4.78, 5) is 18.1. The number of carbonyl (C=O) groups is 1. The van der Waals surface area contributed by atoms with Crippen molar-refractivity contribution in [3.63, 3.8) is 0 Å². The molecule has 1 aromatic heterocycles. The van der Waals surface area contributed by atoms with Crippen molar-refractivity contribution in [2.45, 2.75) is 19.4 Å². The van der Waals surface area contributed by atoms with Gasteiger partial charge in [0.15, 0.2) is 0 Å². The van der Waals surface area contributed by atoms with Gasteiger partial charge in [-0.1, -0.05) is 23.7 Å². The number of imidazole rings is 1. The molecule has 0 spiro atoms. The highest BCUT2D eigenvalue weighted by Crippen LogP contribution is 2.22. The summed E-state index contributed by atoms with van der Waals surface area (Å²) in [6.07, 6.45) is 7.27. The van der Waals surface area contributed by atoms with Crippen molar-refractivity contribution in [3.8, 4) is 0 Å². The number of aromatic nitrogens is 2. The number of amides is 1. The van der Waals surface area contributed by atoms with E-state index in [-0.39, 0.29) is 5.91 Å². The number of benzene rings is 1. The van der Waals surface area contributed by atoms with Gasteiger partial charge in [0.05, 0.1) is 6.33 Å². The van der Waals surface area contributed by atoms with E-state index in [0.717, 1.165) is 31.0 Å². The SMILES string of the molecule is O=C(Cn1ccnc1)N1CCC(Cc2ccc(Cl)cc2)C1. The molecule has 1 aliphatic heterocycles. The van der Waals surface area contributed by atoms with Gasteiger partial charge in [0.1, 0.15) is 6.54 Å². The maximum absolute atomic E-state index is 12.2. The molecule has 4 nitrogen and oxygen atoms in total. The van der Waals surface area contributed by atoms with Crippen LogP contribution in [-0.4, -0.2) is 33.4 Å². The van der Waals surface area contributed by atoms with Crippen LogP contribution in [0.3, 0.4) is 0 Å². The molecule has 110 valence electrons. The molecule has 2 heterocycles. The molecule has 0 radical (unpaired) electrons. The van der Waals surface area contributed by atoms with E-state index in [9.17, 15) is 4.79 Å². The highest BCUT2D eigenvalue weighted by molar-refractivity contribution is 6.30. The van der Waals surface area contributed by atoms with Gasteiger partial charge in [0, 0.05) is 30.5 Å². The summed E-state index contributed by atoms with van der Waals surface area (Å²) < 4.78 is 1.81. The predicted molar refractivity (Wildman–Crippen MR) is 82.1 cm³/mol. The molecule has 5 heteroatoms. The molecule has 1 aliphatic rings. The van der Waals surface area contributed by atoms with Crippen LogP contribution in [0.1, 0.15) is 12.0 Å². The molecule has 1 aromatic carbocycles. The Bertz CT molecular complexity index is 594. The number of hydrogen-bond donors (Lipinski definition) is 0. The Morgan fingerprint density at radius 1 is 1.33 bits per heavy atom. The smallest absolute Gasteiger partial charge is 0.242 e. The van der Waals surface area contributed by atoms with Crippen LogP contribution in [-0.2, 0) is 17.8 Å². The van der Waals surface area contributed by atoms with Crippen molar-refractivity contribution in [1.29, 1.82) is 0 Å². The summed E-state index contributed by atoms with van der Waals surface area (Å²) in [6.45, 7) is 2.08. The fourth-order valence-electron chi connectivity index (χ4n) is 2.82. The summed E-state index contributed by atoms with van der Waals surface area (Å²) in [5, 5.41) is 0.766. The Kier molecular flexibility index (Phi) is 4.25. The van der Waals surface area contributed by atoms with E-state index in [1.165, 1.54) is 5.56 Å². The largest absolute Gasteiger partial charge is 0.341 e. The molecule has 1 amide bonds. The molecule has 1 atom stereocenters. The van der Waals surface area contributed by atoms with Gasteiger partial charge in [-0.3, -0.25) is 4.79 Å². The number of rotatable bonds is 4. The lowest BCUT2D eigenvalue weighted by atomic mass is 9.99. The van der Waals surface area contributed by atoms with Crippen molar-refractivity contribution >= 4 is 17.5 Å². The monoisotopic (exact) mass is 303 g/mol. The molecule has 0 saturated carbocycles. The van der Waals surface area contributed by atoms with E-state index in [2.05, 4.69) is 17.1 Å². The molecule has 1 saturated heterocycles. The van der Waals surface area contributed by atoms with Crippen molar-refractivity contribution in [3.05, 3.63) is 53.6 Å². The zero-order chi connectivity index (χ0) is 14.7. The number of nitrogens with zero attached hydrogens (tertiary/aromatic N) is 3. The number of hydrogen-bond acceptors (Lipinski definition) is 2. The zero-order valence-corrected chi connectivity index (χ0v) is 12.5. The quantitative estimate of drug-likeness (QED) is 0.871. The fraction of sp³-hybridized carbons (Fsp3) is 0.375. The number of likely N-dealkylation sites (tertiary alicyclic amines) is 1. The van der Waals surface area contributed by atoms with Crippen LogP contribution in [0.25, 0.3) is 0 Å². The van der Waals surface area contributed by atoms with Gasteiger partial charge in [-0.2, -0.15) is 0 Å². The second-order valence-corrected chi connectivity index (χ2v) is 6.00. The molecule has 3 rings (SSSR count). The summed E-state index contributed by atoms with van der Waals surface area (Å²) in [5.41, 5.74) is 1.29. The molecule has 0 bridgehead atoms. The summed E-state index contributed by atoms with van der Waals surface area (Å²) in [6, 6.07) is 7.98. The van der Waals surface area contributed by atoms with E-state index in [1.807, 2.05) is 27.8 Å². The van der Waals surface area contributed by atoms with Gasteiger partial charge in [-0.05, 0) is 36.5 Å². The average molecular weight is 304 g/mol. The third-order valence-electron chi connectivity index (χ3n) is 3.95. The lowest BCUT2D eigenvalue weighted by Crippen LogP contribution is -2.31. The van der Waals surface area contributed by atoms with Crippen LogP contribution in [0.15, 0.2) is 43.0 Å². The first-order valence-corrected chi connectivity index (χ1v) is 7.56. The summed E-state index contributed by atoms with van der Waals surface area (Å²) in [5.74, 6) is 0.713. The second-order valence-electron chi connectivity index (χ2n) is 5.56. The third kappa shape index (κ3) is 3.64. The van der Waals surface area contributed by atoms with Gasteiger partial charge in [0.2, 0.25) is 5.91 Å². The lowest BCUT2D eigenvalue weighted by molar-refractivity contribution is -0.130. The first kappa shape index (κ1) is 14.1. The molecular weight excluding hydrogens is 286 g/mol. The van der Waals surface area contributed by atoms with Crippen molar-refractivity contribution in [2.75, 3.05) is 13.1 Å². The summed E-state index contributed by atoms with van der Waals surface area (Å²) in [7, 11) is 0. The van der Waals surface area contributed by atoms with Crippen LogP contribution < -0.4 is 0 Å². The highest BCUT2D eigenvalue weighted by atomic mass is 35.5. The maximum atomic E-state index is 12.2. The minimum Gasteiger partial charge on any atom is -0.341 e. The van der Waals surface area contributed by atoms with Crippen LogP contribution >= 0.6 is 11.6 Å². The van der Waals surface area contributed by atoms with E-state index in [0.29, 0.717) is 12.5 Å². The van der Waals surface area contributed by atoms with Crippen molar-refractivity contribution < 1.29 is 4.79 Å². The van der Waals surface area contributed by atoms with Gasteiger partial charge in [-0.25, -0.2) is 4.98 Å². The van der Waals surface area contributed by atoms with E-state index in [1.54, 1.807) is 12.5 Å². The standard InChI is InChI=1S/C16H18ClN3O/c17-15-3-1-13(2-4-15)9-14-5-7-20(10-14)16(21)11-19-8-6-18-12-19/h1-4,6,8,12,14H,5,7,9-11H2. The topological polar surface area (TPSA) is 38.1 Å². The minimum absolute atomic E-state index is 0.173. The zero-order valence-electron chi connectivity index (χ0n) is 11.8. The first-order valence-electron chi connectivity index (χ1n) is 7.18. The van der Waals surface area contributed by atoms with Gasteiger partial charge < -0.3 is 9.47 Å². The predicted octanol–water partition coefficient (Wildman–Crippen LogP) is 2.63. The van der Waals surface area contributed by atoms with Gasteiger partial charge in [-0.15, -0.1) is 0 Å². The van der Waals surface area contributed by atoms with Crippen LogP contribution in [0.5, 0.6) is 0 Å². The highest BCUT2D eigenvalue weighted by Gasteiger charge is 2.26. The van der Waals surface area contributed by atoms with Crippen LogP contribution in [0, 0.1) is 5.92 Å². The molecule has 0 aliphatic carbocycles. The number of halogens is 1. The molecule has 1 unspecified atom stereocenters. The Balaban J connectivity index is 1.53. The van der Waals surface area contributed by atoms with E-state index >= 15 is 0 Å². The molecule has 2 aromatic rings. The Labute approximate surface area is 129 Å². The third-order valence-corrected chi connectivity index (χ3v) is 4.21. The first-order chi connectivity index (χ1) is 10.2. The van der Waals surface area contributed by atoms with Crippen molar-refractivity contribution in [1.82, 2.24) is 14.5 Å². The van der Waals surface area contributed by atoms with Gasteiger partial charge in [0.25, 0.3) is 0 Å². The maximum Gasteiger partial charge on any atom is 0.242 e. The minimum atomic E-state index is 0.173. The molecule has 21 heavy (non-hydrogen) atoms. The lowest BCUT2D eigenvalue weighted by Gasteiger charge is -2.17. The average Bonchev–Trinajstić information content (AvgIpc) is 3.13. The Morgan fingerprint density at radius 3 is 2.86 bits per heavy atom. The summed E-state index contributed by atoms with van der Waals surface area (Å²) >= 11 is 5.90. The van der Waals surface area contributed by atoms with Crippen molar-refractivity contribution in [2.24, 2.45) is 5.92 Å². The normalized spacial score (nSPS) is 18.1. The second kappa shape index (κ2) is 6.31. The van der Waals surface area contributed by atoms with E-state index < -0.39 is 0 Å². The van der Waals surface area contributed by atoms with E-state index in [4.69, 9.17) is 11.6 Å². The molecular formula is C16H18ClN3O. The fourth-order valence-corrected chi connectivity index (χ4v) is 2.94. The molecule has 1 fully saturated rings. The van der Waals surface area contributed by atoms with Crippen LogP contribution in [0.2, 0.25) is 5.02 Å².